The van der Waals surface area contributed by atoms with Crippen molar-refractivity contribution in [3.63, 3.8) is 0 Å². The Morgan fingerprint density at radius 3 is 2.71 bits per heavy atom. The number of rotatable bonds is 6. The molecule has 1 amide bonds. The van der Waals surface area contributed by atoms with Crippen molar-refractivity contribution in [3.8, 4) is 17.2 Å². The van der Waals surface area contributed by atoms with Crippen LogP contribution in [0.4, 0.5) is 5.69 Å². The lowest BCUT2D eigenvalue weighted by Crippen LogP contribution is -2.34. The predicted molar refractivity (Wildman–Crippen MR) is 138 cm³/mol. The van der Waals surface area contributed by atoms with Crippen LogP contribution >= 0.6 is 23.6 Å². The number of para-hydroxylation sites is 2. The van der Waals surface area contributed by atoms with E-state index >= 15 is 0 Å². The molecule has 1 atom stereocenters. The van der Waals surface area contributed by atoms with Crippen molar-refractivity contribution in [2.24, 2.45) is 0 Å². The van der Waals surface area contributed by atoms with E-state index in [1.165, 1.54) is 11.3 Å². The maximum absolute atomic E-state index is 12.7. The average Bonchev–Trinajstić information content (AvgIpc) is 3.39. The van der Waals surface area contributed by atoms with Gasteiger partial charge in [-0.25, -0.2) is 4.98 Å². The van der Waals surface area contributed by atoms with E-state index in [1.807, 2.05) is 78.9 Å². The van der Waals surface area contributed by atoms with Gasteiger partial charge in [0.2, 0.25) is 0 Å². The van der Waals surface area contributed by atoms with E-state index in [9.17, 15) is 4.79 Å². The Hall–Kier alpha value is -3.95. The molecule has 5 rings (SSSR count). The van der Waals surface area contributed by atoms with Crippen molar-refractivity contribution in [2.45, 2.75) is 12.7 Å². The van der Waals surface area contributed by atoms with Crippen LogP contribution < -0.4 is 24.8 Å². The summed E-state index contributed by atoms with van der Waals surface area (Å²) in [6.45, 7) is 0.785. The van der Waals surface area contributed by atoms with Gasteiger partial charge in [0.15, 0.2) is 22.7 Å². The minimum absolute atomic E-state index is 0.163. The van der Waals surface area contributed by atoms with E-state index in [0.717, 1.165) is 5.56 Å². The van der Waals surface area contributed by atoms with Gasteiger partial charge < -0.3 is 19.5 Å². The summed E-state index contributed by atoms with van der Waals surface area (Å²) in [5.74, 6) is 1.64. The van der Waals surface area contributed by atoms with E-state index in [1.54, 1.807) is 5.38 Å². The van der Waals surface area contributed by atoms with Crippen LogP contribution in [0.5, 0.6) is 17.2 Å². The number of aromatic nitrogens is 1. The minimum Gasteiger partial charge on any atom is -0.489 e. The van der Waals surface area contributed by atoms with Gasteiger partial charge in [-0.15, -0.1) is 11.3 Å². The van der Waals surface area contributed by atoms with E-state index in [-0.39, 0.29) is 16.9 Å². The van der Waals surface area contributed by atoms with E-state index in [2.05, 4.69) is 15.6 Å². The second-order valence-electron chi connectivity index (χ2n) is 7.65. The molecular formula is C26H21N3O4S2. The fourth-order valence-corrected chi connectivity index (χ4v) is 4.44. The smallest absolute Gasteiger partial charge is 0.276 e. The van der Waals surface area contributed by atoms with Crippen LogP contribution in [0, 0.1) is 0 Å². The zero-order valence-electron chi connectivity index (χ0n) is 18.5. The van der Waals surface area contributed by atoms with Gasteiger partial charge in [0.1, 0.15) is 29.7 Å². The normalized spacial score (nSPS) is 14.1. The molecule has 176 valence electrons. The summed E-state index contributed by atoms with van der Waals surface area (Å²) in [5.41, 5.74) is 2.04. The van der Waals surface area contributed by atoms with E-state index < -0.39 is 5.91 Å². The van der Waals surface area contributed by atoms with Gasteiger partial charge in [-0.2, -0.15) is 0 Å². The van der Waals surface area contributed by atoms with Gasteiger partial charge >= 0.3 is 0 Å². The number of nitrogens with zero attached hydrogens (tertiary/aromatic N) is 1. The molecule has 1 aliphatic heterocycles. The van der Waals surface area contributed by atoms with Crippen molar-refractivity contribution in [3.05, 3.63) is 101 Å². The van der Waals surface area contributed by atoms with Crippen LogP contribution in [0.2, 0.25) is 0 Å². The molecule has 0 radical (unpaired) electrons. The van der Waals surface area contributed by atoms with Crippen LogP contribution in [0.25, 0.3) is 0 Å². The van der Waals surface area contributed by atoms with Gasteiger partial charge in [-0.1, -0.05) is 48.5 Å². The maximum Gasteiger partial charge on any atom is 0.276 e. The Morgan fingerprint density at radius 1 is 1.06 bits per heavy atom. The molecule has 0 saturated heterocycles. The Kier molecular flexibility index (Phi) is 6.87. The summed E-state index contributed by atoms with van der Waals surface area (Å²) in [7, 11) is 0. The van der Waals surface area contributed by atoms with Crippen LogP contribution in [-0.4, -0.2) is 22.6 Å². The van der Waals surface area contributed by atoms with Crippen LogP contribution in [-0.2, 0) is 6.61 Å². The van der Waals surface area contributed by atoms with Crippen molar-refractivity contribution in [2.75, 3.05) is 11.9 Å². The molecule has 0 aliphatic carbocycles. The first-order valence-corrected chi connectivity index (χ1v) is 12.2. The summed E-state index contributed by atoms with van der Waals surface area (Å²) in [6, 6.07) is 24.7. The molecule has 4 aromatic rings. The first kappa shape index (κ1) is 22.8. The number of hydrogen-bond acceptors (Lipinski definition) is 7. The Bertz CT molecular complexity index is 1340. The second kappa shape index (κ2) is 10.5. The summed E-state index contributed by atoms with van der Waals surface area (Å²) in [5, 5.41) is 8.18. The Labute approximate surface area is 211 Å². The molecule has 7 nitrogen and oxygen atoms in total. The molecule has 3 aromatic carbocycles. The quantitative estimate of drug-likeness (QED) is 0.343. The molecule has 2 N–H and O–H groups in total. The summed E-state index contributed by atoms with van der Waals surface area (Å²) >= 11 is 6.66. The number of ether oxygens (including phenoxy) is 3. The molecule has 9 heteroatoms. The number of carbonyl (C=O) groups is 1. The lowest BCUT2D eigenvalue weighted by molar-refractivity contribution is 0.0902. The third-order valence-corrected chi connectivity index (χ3v) is 6.25. The van der Waals surface area contributed by atoms with Gasteiger partial charge in [0.25, 0.3) is 5.91 Å². The number of fused-ring (bicyclic) bond motifs is 1. The number of thiazole rings is 1. The third-order valence-electron chi connectivity index (χ3n) is 5.11. The lowest BCUT2D eigenvalue weighted by atomic mass is 10.2. The largest absolute Gasteiger partial charge is 0.489 e. The molecule has 0 bridgehead atoms. The van der Waals surface area contributed by atoms with Crippen molar-refractivity contribution in [1.29, 1.82) is 0 Å². The Balaban J connectivity index is 1.15. The fourth-order valence-electron chi connectivity index (χ4n) is 3.42. The number of carbonyl (C=O) groups excluding carboxylic acids is 1. The van der Waals surface area contributed by atoms with Crippen molar-refractivity contribution in [1.82, 2.24) is 10.3 Å². The number of amides is 1. The second-order valence-corrected chi connectivity index (χ2v) is 8.94. The average molecular weight is 504 g/mol. The maximum atomic E-state index is 12.7. The molecule has 2 heterocycles. The summed E-state index contributed by atoms with van der Waals surface area (Å²) in [4.78, 5) is 17.1. The van der Waals surface area contributed by atoms with Crippen molar-refractivity contribution >= 4 is 40.3 Å². The first-order chi connectivity index (χ1) is 17.1. The predicted octanol–water partition coefficient (Wildman–Crippen LogP) is 5.36. The molecule has 0 fully saturated rings. The molecule has 35 heavy (non-hydrogen) atoms. The fraction of sp³-hybridized carbons (Fsp3) is 0.115. The number of thiocarbonyl (C=S) groups is 1. The van der Waals surface area contributed by atoms with Gasteiger partial charge in [-0.3, -0.25) is 10.1 Å². The van der Waals surface area contributed by atoms with Crippen LogP contribution in [0.1, 0.15) is 27.2 Å². The number of anilines is 1. The number of hydrogen-bond donors (Lipinski definition) is 2. The van der Waals surface area contributed by atoms with E-state index in [0.29, 0.717) is 41.2 Å². The SMILES string of the molecule is O=C(NC(=S)Nc1cccc(OCc2ccccc2)c1)c1csc(C2COc3ccccc3O2)n1. The Morgan fingerprint density at radius 2 is 1.86 bits per heavy atom. The molecule has 1 aliphatic rings. The molecule has 0 saturated carbocycles. The van der Waals surface area contributed by atoms with Crippen LogP contribution in [0.3, 0.4) is 0 Å². The minimum atomic E-state index is -0.404. The first-order valence-electron chi connectivity index (χ1n) is 10.9. The summed E-state index contributed by atoms with van der Waals surface area (Å²) in [6.07, 6.45) is -0.375. The highest BCUT2D eigenvalue weighted by Gasteiger charge is 2.26. The highest BCUT2D eigenvalue weighted by Crippen LogP contribution is 2.36. The van der Waals surface area contributed by atoms with Gasteiger partial charge in [0, 0.05) is 17.1 Å². The lowest BCUT2D eigenvalue weighted by Gasteiger charge is -2.24. The number of nitrogens with one attached hydrogen (secondary N) is 2. The zero-order chi connectivity index (χ0) is 24.0. The highest BCUT2D eigenvalue weighted by atomic mass is 32.1. The number of benzene rings is 3. The standard InChI is InChI=1S/C26H21N3O4S2/c30-24(20-16-35-25(28-20)23-15-32-21-11-4-5-12-22(21)33-23)29-26(34)27-18-9-6-10-19(13-18)31-14-17-7-2-1-3-8-17/h1-13,16,23H,14-15H2,(H2,27,29,30,34). The monoisotopic (exact) mass is 503 g/mol. The highest BCUT2D eigenvalue weighted by molar-refractivity contribution is 7.80. The molecule has 1 aromatic heterocycles. The van der Waals surface area contributed by atoms with Crippen LogP contribution in [0.15, 0.2) is 84.2 Å². The molecular weight excluding hydrogens is 482 g/mol. The van der Waals surface area contributed by atoms with Crippen molar-refractivity contribution < 1.29 is 19.0 Å². The van der Waals surface area contributed by atoms with Gasteiger partial charge in [0.05, 0.1) is 0 Å². The topological polar surface area (TPSA) is 81.7 Å². The van der Waals surface area contributed by atoms with Gasteiger partial charge in [-0.05, 0) is 42.0 Å². The molecule has 1 unspecified atom stereocenters. The zero-order valence-corrected chi connectivity index (χ0v) is 20.1. The molecule has 0 spiro atoms. The van der Waals surface area contributed by atoms with E-state index in [4.69, 9.17) is 26.4 Å². The third kappa shape index (κ3) is 5.76. The summed E-state index contributed by atoms with van der Waals surface area (Å²) < 4.78 is 17.6.